The first-order chi connectivity index (χ1) is 5.68. The molecule has 0 spiro atoms. The maximum Gasteiger partial charge on any atom is 0.249 e. The van der Waals surface area contributed by atoms with Crippen molar-refractivity contribution in [2.45, 2.75) is 6.92 Å². The van der Waals surface area contributed by atoms with Gasteiger partial charge in [0, 0.05) is 21.3 Å². The molecule has 12 heavy (non-hydrogen) atoms. The number of hydrogen-bond donors (Lipinski definition) is 0. The van der Waals surface area contributed by atoms with Gasteiger partial charge in [0.2, 0.25) is 11.0 Å². The van der Waals surface area contributed by atoms with Crippen molar-refractivity contribution in [1.29, 1.82) is 0 Å². The van der Waals surface area contributed by atoms with Crippen molar-refractivity contribution in [3.05, 3.63) is 27.4 Å². The van der Waals surface area contributed by atoms with Gasteiger partial charge in [0.15, 0.2) is 0 Å². The zero-order valence-corrected chi connectivity index (χ0v) is 7.83. The van der Waals surface area contributed by atoms with E-state index in [1.165, 1.54) is 0 Å². The van der Waals surface area contributed by atoms with E-state index in [2.05, 4.69) is 25.7 Å². The molecule has 2 rings (SSSR count). The number of aryl methyl sites for hydroxylation is 1. The number of hydrogen-bond acceptors (Lipinski definition) is 3. The van der Waals surface area contributed by atoms with Crippen molar-refractivity contribution in [3.8, 4) is 0 Å². The second-order valence-electron chi connectivity index (χ2n) is 2.52. The highest BCUT2D eigenvalue weighted by atomic mass is 79.9. The average Bonchev–Trinajstić information content (AvgIpc) is 2.31. The zero-order chi connectivity index (χ0) is 8.72. The molecule has 0 bridgehead atoms. The minimum atomic E-state index is 0.414. The minimum Gasteiger partial charge on any atom is -0.359 e. The molecule has 0 aliphatic carbocycles. The highest BCUT2D eigenvalue weighted by Crippen LogP contribution is 2.19. The van der Waals surface area contributed by atoms with Crippen LogP contribution in [0, 0.1) is 12.1 Å². The molecular formula is C7H5BrN2O2. The molecule has 0 aliphatic rings. The highest BCUT2D eigenvalue weighted by molar-refractivity contribution is 9.10. The number of halogens is 1. The zero-order valence-electron chi connectivity index (χ0n) is 6.24. The van der Waals surface area contributed by atoms with E-state index in [0.717, 1.165) is 10.0 Å². The summed E-state index contributed by atoms with van der Waals surface area (Å²) in [6.45, 7) is 1.83. The van der Waals surface area contributed by atoms with Crippen LogP contribution in [0.25, 0.3) is 11.0 Å². The number of benzene rings is 1. The van der Waals surface area contributed by atoms with Gasteiger partial charge >= 0.3 is 0 Å². The fraction of sp³-hybridized carbons (Fsp3) is 0.143. The summed E-state index contributed by atoms with van der Waals surface area (Å²) in [5.74, 6) is 0. The Balaban J connectivity index is 2.93. The number of aromatic nitrogens is 2. The quantitative estimate of drug-likeness (QED) is 0.643. The van der Waals surface area contributed by atoms with Gasteiger partial charge in [-0.1, -0.05) is 15.9 Å². The van der Waals surface area contributed by atoms with E-state index in [1.54, 1.807) is 6.07 Å². The fourth-order valence-electron chi connectivity index (χ4n) is 1.15. The van der Waals surface area contributed by atoms with Crippen LogP contribution < -0.4 is 4.90 Å². The van der Waals surface area contributed by atoms with Gasteiger partial charge in [0.1, 0.15) is 0 Å². The third-order valence-electron chi connectivity index (χ3n) is 1.64. The highest BCUT2D eigenvalue weighted by Gasteiger charge is 2.12. The van der Waals surface area contributed by atoms with E-state index in [0.29, 0.717) is 15.9 Å². The van der Waals surface area contributed by atoms with Crippen LogP contribution >= 0.6 is 15.9 Å². The summed E-state index contributed by atoms with van der Waals surface area (Å²) in [4.78, 5) is 0.414. The van der Waals surface area contributed by atoms with Crippen LogP contribution in [0.4, 0.5) is 0 Å². The maximum absolute atomic E-state index is 11.0. The Bertz CT molecular complexity index is 438. The number of fused-ring (bicyclic) bond motifs is 1. The van der Waals surface area contributed by atoms with Gasteiger partial charge < -0.3 is 5.21 Å². The summed E-state index contributed by atoms with van der Waals surface area (Å²) in [7, 11) is 0. The molecule has 1 aromatic carbocycles. The van der Waals surface area contributed by atoms with Gasteiger partial charge in [-0.15, -0.1) is 0 Å². The first-order valence-corrected chi connectivity index (χ1v) is 4.13. The van der Waals surface area contributed by atoms with Crippen molar-refractivity contribution in [2.75, 3.05) is 0 Å². The van der Waals surface area contributed by atoms with Crippen LogP contribution in [-0.4, -0.2) is 5.16 Å². The van der Waals surface area contributed by atoms with E-state index in [-0.39, 0.29) is 0 Å². The molecule has 0 amide bonds. The van der Waals surface area contributed by atoms with Gasteiger partial charge in [0.25, 0.3) is 0 Å². The fourth-order valence-corrected chi connectivity index (χ4v) is 1.71. The third-order valence-corrected chi connectivity index (χ3v) is 2.10. The molecule has 2 aromatic rings. The SMILES string of the molecule is Cc1cc(Br)cc2no[n+]([O-])c12. The average molecular weight is 229 g/mol. The van der Waals surface area contributed by atoms with E-state index in [1.807, 2.05) is 13.0 Å². The van der Waals surface area contributed by atoms with Crippen molar-refractivity contribution in [1.82, 2.24) is 5.16 Å². The van der Waals surface area contributed by atoms with E-state index in [9.17, 15) is 5.21 Å². The molecule has 1 heterocycles. The molecule has 0 saturated carbocycles. The second kappa shape index (κ2) is 2.45. The standard InChI is InChI=1S/C7H5BrN2O2/c1-4-2-5(8)3-6-7(4)10(11)12-9-6/h2-3H,1H3. The van der Waals surface area contributed by atoms with E-state index < -0.39 is 0 Å². The van der Waals surface area contributed by atoms with E-state index in [4.69, 9.17) is 0 Å². The minimum absolute atomic E-state index is 0.414. The lowest BCUT2D eigenvalue weighted by atomic mass is 10.2. The van der Waals surface area contributed by atoms with Crippen LogP contribution in [-0.2, 0) is 0 Å². The molecule has 0 saturated heterocycles. The summed E-state index contributed by atoms with van der Waals surface area (Å²) < 4.78 is 5.33. The Morgan fingerprint density at radius 3 is 3.08 bits per heavy atom. The molecule has 0 radical (unpaired) electrons. The summed E-state index contributed by atoms with van der Waals surface area (Å²) in [5.41, 5.74) is 1.89. The van der Waals surface area contributed by atoms with Gasteiger partial charge in [0.05, 0.1) is 0 Å². The first-order valence-electron chi connectivity index (χ1n) is 3.34. The largest absolute Gasteiger partial charge is 0.359 e. The molecule has 0 atom stereocenters. The predicted octanol–water partition coefficient (Wildman–Crippen LogP) is 1.53. The molecule has 5 heteroatoms. The Morgan fingerprint density at radius 2 is 2.33 bits per heavy atom. The Morgan fingerprint density at radius 1 is 1.58 bits per heavy atom. The van der Waals surface area contributed by atoms with Crippen molar-refractivity contribution in [2.24, 2.45) is 0 Å². The van der Waals surface area contributed by atoms with Crippen molar-refractivity contribution >= 4 is 27.0 Å². The maximum atomic E-state index is 11.0. The molecule has 4 nitrogen and oxygen atoms in total. The molecule has 0 aliphatic heterocycles. The van der Waals surface area contributed by atoms with Crippen molar-refractivity contribution < 1.29 is 9.53 Å². The lowest BCUT2D eigenvalue weighted by molar-refractivity contribution is -0.782. The molecule has 62 valence electrons. The molecular weight excluding hydrogens is 224 g/mol. The normalized spacial score (nSPS) is 10.8. The molecule has 0 unspecified atom stereocenters. The summed E-state index contributed by atoms with van der Waals surface area (Å²) in [5, 5.41) is 14.6. The third kappa shape index (κ3) is 0.972. The van der Waals surface area contributed by atoms with Crippen LogP contribution in [0.3, 0.4) is 0 Å². The topological polar surface area (TPSA) is 53.0 Å². The summed E-state index contributed by atoms with van der Waals surface area (Å²) in [6, 6.07) is 3.58. The number of nitrogens with zero attached hydrogens (tertiary/aromatic N) is 2. The van der Waals surface area contributed by atoms with Crippen LogP contribution in [0.1, 0.15) is 5.56 Å². The Kier molecular flexibility index (Phi) is 1.54. The van der Waals surface area contributed by atoms with E-state index >= 15 is 0 Å². The van der Waals surface area contributed by atoms with Crippen molar-refractivity contribution in [3.63, 3.8) is 0 Å². The Labute approximate surface area is 76.4 Å². The summed E-state index contributed by atoms with van der Waals surface area (Å²) in [6.07, 6.45) is 0. The molecule has 0 fully saturated rings. The first kappa shape index (κ1) is 7.54. The number of rotatable bonds is 0. The van der Waals surface area contributed by atoms with Gasteiger partial charge in [-0.05, 0) is 17.9 Å². The lowest BCUT2D eigenvalue weighted by Gasteiger charge is -1.92. The predicted molar refractivity (Wildman–Crippen MR) is 45.4 cm³/mol. The van der Waals surface area contributed by atoms with Crippen LogP contribution in [0.15, 0.2) is 21.2 Å². The van der Waals surface area contributed by atoms with Gasteiger partial charge in [-0.2, -0.15) is 0 Å². The molecule has 0 N–H and O–H groups in total. The second-order valence-corrected chi connectivity index (χ2v) is 3.44. The van der Waals surface area contributed by atoms with Gasteiger partial charge in [-0.3, -0.25) is 4.63 Å². The van der Waals surface area contributed by atoms with Crippen LogP contribution in [0.2, 0.25) is 0 Å². The monoisotopic (exact) mass is 228 g/mol. The lowest BCUT2D eigenvalue weighted by Crippen LogP contribution is -2.23. The van der Waals surface area contributed by atoms with Crippen LogP contribution in [0.5, 0.6) is 0 Å². The summed E-state index contributed by atoms with van der Waals surface area (Å²) >= 11 is 3.30. The Hall–Kier alpha value is -1.10. The molecule has 1 aromatic heterocycles. The smallest absolute Gasteiger partial charge is 0.249 e. The van der Waals surface area contributed by atoms with Gasteiger partial charge in [-0.25, -0.2) is 0 Å².